The van der Waals surface area contributed by atoms with Crippen molar-refractivity contribution in [1.82, 2.24) is 0 Å². The van der Waals surface area contributed by atoms with Crippen LogP contribution < -0.4 is 0 Å². The van der Waals surface area contributed by atoms with E-state index in [9.17, 15) is 0 Å². The van der Waals surface area contributed by atoms with Crippen molar-refractivity contribution < 1.29 is 22.2 Å². The summed E-state index contributed by atoms with van der Waals surface area (Å²) in [5.41, 5.74) is 1.52. The molecule has 0 aliphatic carbocycles. The molecule has 1 heterocycles. The largest absolute Gasteiger partial charge is 0.456 e. The average molecular weight is 448 g/mol. The average Bonchev–Trinajstić information content (AvgIpc) is 3.46. The monoisotopic (exact) mass is 447 g/mol. The maximum atomic E-state index is 9.16. The van der Waals surface area contributed by atoms with Crippen LogP contribution in [0, 0.1) is 6.92 Å². The predicted octanol–water partition coefficient (Wildman–Crippen LogP) is 9.53. The summed E-state index contributed by atoms with van der Waals surface area (Å²) in [6.07, 6.45) is 0. The Morgan fingerprint density at radius 1 is 0.588 bits per heavy atom. The van der Waals surface area contributed by atoms with Crippen molar-refractivity contribution in [3.8, 4) is 22.3 Å². The Bertz CT molecular complexity index is 2460. The quantitative estimate of drug-likeness (QED) is 0.240. The van der Waals surface area contributed by atoms with E-state index < -0.39 is 84.1 Å². The highest BCUT2D eigenvalue weighted by molar-refractivity contribution is 6.25. The van der Waals surface area contributed by atoms with Crippen LogP contribution in [0.1, 0.15) is 23.4 Å². The van der Waals surface area contributed by atoms with Crippen LogP contribution in [0.4, 0.5) is 0 Å². The van der Waals surface area contributed by atoms with Gasteiger partial charge in [0.25, 0.3) is 0 Å². The molecule has 1 nitrogen and oxygen atoms in total. The molecular weight excluding hydrogens is 412 g/mol. The zero-order chi connectivity index (χ0) is 34.0. The lowest BCUT2D eigenvalue weighted by atomic mass is 9.85. The van der Waals surface area contributed by atoms with Crippen LogP contribution in [-0.4, -0.2) is 0 Å². The first-order valence-corrected chi connectivity index (χ1v) is 10.6. The number of fused-ring (bicyclic) bond motifs is 5. The number of benzene rings is 6. The number of furan rings is 1. The summed E-state index contributed by atoms with van der Waals surface area (Å²) in [4.78, 5) is 0. The number of hydrogen-bond acceptors (Lipinski definition) is 1. The lowest BCUT2D eigenvalue weighted by Gasteiger charge is -2.18. The van der Waals surface area contributed by atoms with Gasteiger partial charge in [-0.15, -0.1) is 0 Å². The molecule has 0 bridgehead atoms. The normalized spacial score (nSPS) is 17.0. The lowest BCUT2D eigenvalue weighted by molar-refractivity contribution is 0.666. The van der Waals surface area contributed by atoms with Crippen LogP contribution in [0.25, 0.3) is 65.7 Å². The van der Waals surface area contributed by atoms with Gasteiger partial charge in [0, 0.05) is 10.8 Å². The third-order valence-corrected chi connectivity index (χ3v) is 6.11. The van der Waals surface area contributed by atoms with Gasteiger partial charge in [0.05, 0.1) is 17.8 Å². The Labute approximate surface area is 216 Å². The highest BCUT2D eigenvalue weighted by atomic mass is 16.3. The minimum atomic E-state index is -0.710. The van der Waals surface area contributed by atoms with Crippen LogP contribution in [0.5, 0.6) is 0 Å². The van der Waals surface area contributed by atoms with E-state index >= 15 is 0 Å². The topological polar surface area (TPSA) is 13.1 Å². The van der Waals surface area contributed by atoms with Crippen molar-refractivity contribution in [3.63, 3.8) is 0 Å². The minimum Gasteiger partial charge on any atom is -0.456 e. The summed E-state index contributed by atoms with van der Waals surface area (Å²) >= 11 is 0. The molecule has 7 aromatic rings. The van der Waals surface area contributed by atoms with Crippen molar-refractivity contribution in [1.29, 1.82) is 0 Å². The van der Waals surface area contributed by atoms with Gasteiger partial charge in [-0.25, -0.2) is 0 Å². The van der Waals surface area contributed by atoms with Gasteiger partial charge in [-0.2, -0.15) is 0 Å². The van der Waals surface area contributed by atoms with Crippen LogP contribution >= 0.6 is 0 Å². The molecule has 160 valence electrons. The van der Waals surface area contributed by atoms with Crippen molar-refractivity contribution in [3.05, 3.63) is 121 Å². The fraction of sp³-hybridized carbons (Fsp3) is 0.0303. The Morgan fingerprint density at radius 3 is 1.85 bits per heavy atom. The van der Waals surface area contributed by atoms with Crippen molar-refractivity contribution in [2.75, 3.05) is 0 Å². The van der Waals surface area contributed by atoms with Gasteiger partial charge >= 0.3 is 0 Å². The molecule has 6 aromatic carbocycles. The predicted molar refractivity (Wildman–Crippen MR) is 144 cm³/mol. The van der Waals surface area contributed by atoms with Crippen LogP contribution in [0.3, 0.4) is 0 Å². The standard InChI is InChI=1S/C33H22O/c1-21-11-9-19-28-32-27(18-10-20-29(32)34-33(21)28)31-25-16-7-5-14-23(25)30(22-12-3-2-4-13-22)24-15-6-8-17-26(24)31/h2-20H,1H3/i2D,3D,4D,5D,6D,7D,8D,12D,13D,14D,15D,16D,17D. The molecule has 7 rings (SSSR count). The van der Waals surface area contributed by atoms with Gasteiger partial charge in [-0.05, 0) is 62.4 Å². The number of para-hydroxylation sites is 1. The van der Waals surface area contributed by atoms with Gasteiger partial charge in [-0.1, -0.05) is 109 Å². The van der Waals surface area contributed by atoms with Crippen molar-refractivity contribution in [2.45, 2.75) is 6.92 Å². The van der Waals surface area contributed by atoms with Gasteiger partial charge in [0.2, 0.25) is 0 Å². The summed E-state index contributed by atoms with van der Waals surface area (Å²) in [5, 5.41) is 0.457. The van der Waals surface area contributed by atoms with E-state index in [4.69, 9.17) is 22.2 Å². The molecule has 1 heteroatoms. The highest BCUT2D eigenvalue weighted by Gasteiger charge is 2.20. The van der Waals surface area contributed by atoms with Crippen LogP contribution in [-0.2, 0) is 0 Å². The molecule has 0 atom stereocenters. The third-order valence-electron chi connectivity index (χ3n) is 6.11. The molecule has 0 N–H and O–H groups in total. The van der Waals surface area contributed by atoms with E-state index in [0.717, 1.165) is 5.56 Å². The fourth-order valence-corrected chi connectivity index (χ4v) is 4.72. The summed E-state index contributed by atoms with van der Waals surface area (Å²) in [6, 6.07) is 2.32. The second-order valence-corrected chi connectivity index (χ2v) is 7.98. The third kappa shape index (κ3) is 2.67. The van der Waals surface area contributed by atoms with E-state index in [-0.39, 0.29) is 32.7 Å². The van der Waals surface area contributed by atoms with E-state index in [0.29, 0.717) is 27.5 Å². The molecule has 0 saturated carbocycles. The van der Waals surface area contributed by atoms with E-state index in [1.807, 2.05) is 25.1 Å². The highest BCUT2D eigenvalue weighted by Crippen LogP contribution is 2.46. The Morgan fingerprint density at radius 2 is 1.18 bits per heavy atom. The number of hydrogen-bond donors (Lipinski definition) is 0. The first-order valence-electron chi connectivity index (χ1n) is 17.1. The van der Waals surface area contributed by atoms with Gasteiger partial charge in [0.1, 0.15) is 11.2 Å². The van der Waals surface area contributed by atoms with Crippen molar-refractivity contribution >= 4 is 43.5 Å². The molecule has 0 fully saturated rings. The Hall–Kier alpha value is -4.36. The fourth-order valence-electron chi connectivity index (χ4n) is 4.72. The SMILES string of the molecule is [2H]c1c([2H])c([2H])c(-c2c3c([2H])c([2H])c([2H])c([2H])c3c(-c3cccc4oc5c(C)cccc5c34)c3c([2H])c([2H])c([2H])c([2H])c23)c([2H])c1[2H]. The van der Waals surface area contributed by atoms with Gasteiger partial charge in [-0.3, -0.25) is 0 Å². The summed E-state index contributed by atoms with van der Waals surface area (Å²) in [6.45, 7) is 1.87. The molecule has 0 amide bonds. The molecule has 1 aromatic heterocycles. The molecule has 0 saturated heterocycles. The second kappa shape index (κ2) is 7.33. The summed E-state index contributed by atoms with van der Waals surface area (Å²) in [5.74, 6) is 0. The van der Waals surface area contributed by atoms with E-state index in [1.165, 1.54) is 0 Å². The smallest absolute Gasteiger partial charge is 0.138 e. The van der Waals surface area contributed by atoms with E-state index in [1.54, 1.807) is 18.2 Å². The molecule has 34 heavy (non-hydrogen) atoms. The van der Waals surface area contributed by atoms with Crippen LogP contribution in [0.15, 0.2) is 119 Å². The first-order chi connectivity index (χ1) is 22.2. The summed E-state index contributed by atoms with van der Waals surface area (Å²) in [7, 11) is 0. The zero-order valence-corrected chi connectivity index (χ0v) is 17.9. The molecular formula is C33H22O. The molecule has 0 aliphatic rings. The van der Waals surface area contributed by atoms with Crippen LogP contribution in [0.2, 0.25) is 0 Å². The van der Waals surface area contributed by atoms with Crippen molar-refractivity contribution in [2.24, 2.45) is 0 Å². The number of rotatable bonds is 2. The first kappa shape index (κ1) is 10.3. The second-order valence-electron chi connectivity index (χ2n) is 7.98. The van der Waals surface area contributed by atoms with E-state index in [2.05, 4.69) is 0 Å². The lowest BCUT2D eigenvalue weighted by Crippen LogP contribution is -1.91. The molecule has 0 aliphatic heterocycles. The molecule has 0 spiro atoms. The Kier molecular flexibility index (Phi) is 2.22. The molecule has 0 unspecified atom stereocenters. The maximum Gasteiger partial charge on any atom is 0.138 e. The minimum absolute atomic E-state index is 0.0694. The van der Waals surface area contributed by atoms with Gasteiger partial charge < -0.3 is 4.42 Å². The number of aryl methyl sites for hydroxylation is 1. The Balaban J connectivity index is 1.91. The maximum absolute atomic E-state index is 9.16. The zero-order valence-electron chi connectivity index (χ0n) is 30.9. The van der Waals surface area contributed by atoms with Gasteiger partial charge in [0.15, 0.2) is 0 Å². The summed E-state index contributed by atoms with van der Waals surface area (Å²) < 4.78 is 120. The molecule has 0 radical (unpaired) electrons.